The summed E-state index contributed by atoms with van der Waals surface area (Å²) in [6.45, 7) is 1.98. The van der Waals surface area contributed by atoms with Crippen molar-refractivity contribution >= 4 is 11.8 Å². The number of hydrogen-bond acceptors (Lipinski definition) is 4. The summed E-state index contributed by atoms with van der Waals surface area (Å²) in [6.07, 6.45) is 1.98. The minimum absolute atomic E-state index is 0.141. The zero-order valence-corrected chi connectivity index (χ0v) is 12.1. The first-order valence-electron chi connectivity index (χ1n) is 6.95. The van der Waals surface area contributed by atoms with Crippen molar-refractivity contribution in [1.29, 1.82) is 0 Å². The minimum Gasteiger partial charge on any atom is -0.338 e. The van der Waals surface area contributed by atoms with E-state index in [9.17, 15) is 4.79 Å². The van der Waals surface area contributed by atoms with Crippen molar-refractivity contribution < 1.29 is 9.32 Å². The van der Waals surface area contributed by atoms with E-state index in [0.29, 0.717) is 23.7 Å². The Labute approximate surface area is 128 Å². The van der Waals surface area contributed by atoms with Crippen LogP contribution in [0.25, 0.3) is 11.4 Å². The number of benzene rings is 1. The Morgan fingerprint density at radius 1 is 1.14 bits per heavy atom. The van der Waals surface area contributed by atoms with Crippen LogP contribution in [-0.2, 0) is 11.2 Å². The quantitative estimate of drug-likeness (QED) is 0.802. The maximum atomic E-state index is 12.1. The molecule has 1 N–H and O–H groups in total. The van der Waals surface area contributed by atoms with Crippen LogP contribution in [0.2, 0.25) is 0 Å². The normalized spacial score (nSPS) is 10.4. The first-order valence-corrected chi connectivity index (χ1v) is 6.95. The number of rotatable bonds is 4. The lowest BCUT2D eigenvalue weighted by Gasteiger charge is -2.04. The third kappa shape index (κ3) is 3.20. The Bertz CT molecular complexity index is 781. The van der Waals surface area contributed by atoms with Crippen molar-refractivity contribution in [2.24, 2.45) is 0 Å². The van der Waals surface area contributed by atoms with E-state index in [1.165, 1.54) is 0 Å². The van der Waals surface area contributed by atoms with E-state index in [0.717, 1.165) is 11.1 Å². The third-order valence-electron chi connectivity index (χ3n) is 3.31. The molecule has 3 aromatic rings. The summed E-state index contributed by atoms with van der Waals surface area (Å²) in [4.78, 5) is 16.3. The smallest absolute Gasteiger partial charge is 0.231 e. The number of aromatic nitrogens is 2. The van der Waals surface area contributed by atoms with Gasteiger partial charge in [0.05, 0.1) is 12.1 Å². The largest absolute Gasteiger partial charge is 0.338 e. The van der Waals surface area contributed by atoms with Gasteiger partial charge < -0.3 is 4.52 Å². The van der Waals surface area contributed by atoms with Crippen LogP contribution in [0.3, 0.4) is 0 Å². The number of aryl methyl sites for hydroxylation is 1. The van der Waals surface area contributed by atoms with Crippen LogP contribution < -0.4 is 5.32 Å². The number of hydrogen-bond donors (Lipinski definition) is 1. The van der Waals surface area contributed by atoms with Crippen LogP contribution >= 0.6 is 0 Å². The lowest BCUT2D eigenvalue weighted by atomic mass is 10.1. The van der Waals surface area contributed by atoms with Crippen LogP contribution in [0, 0.1) is 6.92 Å². The van der Waals surface area contributed by atoms with E-state index in [-0.39, 0.29) is 5.91 Å². The fourth-order valence-corrected chi connectivity index (χ4v) is 2.13. The molecule has 1 aromatic carbocycles. The highest BCUT2D eigenvalue weighted by Gasteiger charge is 2.11. The lowest BCUT2D eigenvalue weighted by Crippen LogP contribution is -2.14. The van der Waals surface area contributed by atoms with Gasteiger partial charge in [0.15, 0.2) is 0 Å². The molecule has 0 aliphatic carbocycles. The Morgan fingerprint density at radius 3 is 2.73 bits per heavy atom. The second-order valence-electron chi connectivity index (χ2n) is 4.94. The molecule has 0 saturated heterocycles. The summed E-state index contributed by atoms with van der Waals surface area (Å²) < 4.78 is 5.14. The maximum absolute atomic E-state index is 12.1. The number of carbonyl (C=O) groups excluding carboxylic acids is 1. The molecule has 3 rings (SSSR count). The van der Waals surface area contributed by atoms with Gasteiger partial charge in [-0.25, -0.2) is 0 Å². The van der Waals surface area contributed by atoms with Crippen LogP contribution in [0.1, 0.15) is 11.1 Å². The standard InChI is InChI=1S/C17H15N3O2/c1-12-6-2-3-7-13(12)10-16(21)19-17-11-15(20-22-17)14-8-4-5-9-18-14/h2-9,11H,10H2,1H3,(H,19,21). The topological polar surface area (TPSA) is 68.0 Å². The number of nitrogens with one attached hydrogen (secondary N) is 1. The van der Waals surface area contributed by atoms with Gasteiger partial charge in [-0.2, -0.15) is 0 Å². The molecule has 0 unspecified atom stereocenters. The highest BCUT2D eigenvalue weighted by molar-refractivity contribution is 5.91. The number of nitrogens with zero attached hydrogens (tertiary/aromatic N) is 2. The zero-order valence-electron chi connectivity index (χ0n) is 12.1. The Hall–Kier alpha value is -2.95. The van der Waals surface area contributed by atoms with Gasteiger partial charge in [0.1, 0.15) is 5.69 Å². The van der Waals surface area contributed by atoms with Gasteiger partial charge in [-0.15, -0.1) is 0 Å². The molecule has 22 heavy (non-hydrogen) atoms. The van der Waals surface area contributed by atoms with E-state index in [1.54, 1.807) is 12.3 Å². The summed E-state index contributed by atoms with van der Waals surface area (Å²) >= 11 is 0. The average Bonchev–Trinajstić information content (AvgIpc) is 2.99. The van der Waals surface area contributed by atoms with Gasteiger partial charge in [-0.3, -0.25) is 15.1 Å². The van der Waals surface area contributed by atoms with Crippen LogP contribution in [0.5, 0.6) is 0 Å². The molecule has 0 aliphatic heterocycles. The van der Waals surface area contributed by atoms with Gasteiger partial charge in [0.2, 0.25) is 11.8 Å². The maximum Gasteiger partial charge on any atom is 0.231 e. The molecule has 2 aromatic heterocycles. The molecule has 0 spiro atoms. The molecular formula is C17H15N3O2. The monoisotopic (exact) mass is 293 g/mol. The molecule has 0 fully saturated rings. The van der Waals surface area contributed by atoms with Crippen molar-refractivity contribution in [3.05, 3.63) is 65.9 Å². The molecule has 5 nitrogen and oxygen atoms in total. The van der Waals surface area contributed by atoms with Crippen LogP contribution in [0.4, 0.5) is 5.88 Å². The molecule has 0 aliphatic rings. The Balaban J connectivity index is 1.68. The highest BCUT2D eigenvalue weighted by atomic mass is 16.5. The molecule has 0 saturated carbocycles. The van der Waals surface area contributed by atoms with E-state index < -0.39 is 0 Å². The van der Waals surface area contributed by atoms with Crippen LogP contribution in [0.15, 0.2) is 59.3 Å². The molecular weight excluding hydrogens is 278 g/mol. The average molecular weight is 293 g/mol. The molecule has 5 heteroatoms. The Morgan fingerprint density at radius 2 is 1.95 bits per heavy atom. The molecule has 2 heterocycles. The van der Waals surface area contributed by atoms with Gasteiger partial charge in [0, 0.05) is 12.3 Å². The molecule has 0 bridgehead atoms. The van der Waals surface area contributed by atoms with Crippen molar-refractivity contribution in [2.75, 3.05) is 5.32 Å². The summed E-state index contributed by atoms with van der Waals surface area (Å²) in [5, 5.41) is 6.62. The van der Waals surface area contributed by atoms with Crippen LogP contribution in [-0.4, -0.2) is 16.0 Å². The van der Waals surface area contributed by atoms with Crippen molar-refractivity contribution in [2.45, 2.75) is 13.3 Å². The minimum atomic E-state index is -0.141. The number of carbonyl (C=O) groups is 1. The van der Waals surface area contributed by atoms with E-state index >= 15 is 0 Å². The highest BCUT2D eigenvalue weighted by Crippen LogP contribution is 2.19. The summed E-state index contributed by atoms with van der Waals surface area (Å²) in [7, 11) is 0. The zero-order chi connectivity index (χ0) is 15.4. The summed E-state index contributed by atoms with van der Waals surface area (Å²) in [5.74, 6) is 0.178. The predicted octanol–water partition coefficient (Wildman–Crippen LogP) is 3.23. The first kappa shape index (κ1) is 14.0. The molecule has 0 atom stereocenters. The number of anilines is 1. The predicted molar refractivity (Wildman–Crippen MR) is 83.2 cm³/mol. The SMILES string of the molecule is Cc1ccccc1CC(=O)Nc1cc(-c2ccccn2)no1. The third-order valence-corrected chi connectivity index (χ3v) is 3.31. The molecule has 1 amide bonds. The first-order chi connectivity index (χ1) is 10.7. The van der Waals surface area contributed by atoms with Gasteiger partial charge in [-0.1, -0.05) is 35.5 Å². The van der Waals surface area contributed by atoms with Crippen molar-refractivity contribution in [3.63, 3.8) is 0 Å². The van der Waals surface area contributed by atoms with Gasteiger partial charge >= 0.3 is 0 Å². The molecule has 110 valence electrons. The van der Waals surface area contributed by atoms with Gasteiger partial charge in [-0.05, 0) is 30.2 Å². The van der Waals surface area contributed by atoms with Crippen molar-refractivity contribution in [3.8, 4) is 11.4 Å². The lowest BCUT2D eigenvalue weighted by molar-refractivity contribution is -0.115. The summed E-state index contributed by atoms with van der Waals surface area (Å²) in [6, 6.07) is 15.0. The van der Waals surface area contributed by atoms with E-state index in [4.69, 9.17) is 4.52 Å². The number of amides is 1. The fourth-order valence-electron chi connectivity index (χ4n) is 2.13. The second-order valence-corrected chi connectivity index (χ2v) is 4.94. The van der Waals surface area contributed by atoms with Gasteiger partial charge in [0.25, 0.3) is 0 Å². The molecule has 0 radical (unpaired) electrons. The number of pyridine rings is 1. The van der Waals surface area contributed by atoms with E-state index in [1.807, 2.05) is 49.4 Å². The van der Waals surface area contributed by atoms with Crippen molar-refractivity contribution in [1.82, 2.24) is 10.1 Å². The summed E-state index contributed by atoms with van der Waals surface area (Å²) in [5.41, 5.74) is 3.37. The Kier molecular flexibility index (Phi) is 3.96. The second kappa shape index (κ2) is 6.22. The fraction of sp³-hybridized carbons (Fsp3) is 0.118. The van der Waals surface area contributed by atoms with E-state index in [2.05, 4.69) is 15.5 Å².